The molecule has 1 fully saturated rings. The molecule has 1 saturated carbocycles. The van der Waals surface area contributed by atoms with Crippen molar-refractivity contribution in [1.29, 1.82) is 0 Å². The van der Waals surface area contributed by atoms with Gasteiger partial charge in [0, 0.05) is 36.5 Å². The van der Waals surface area contributed by atoms with Crippen LogP contribution in [0, 0.1) is 5.41 Å². The highest BCUT2D eigenvalue weighted by atomic mass is 19.4. The molecule has 6 nitrogen and oxygen atoms in total. The van der Waals surface area contributed by atoms with E-state index in [1.807, 2.05) is 39.8 Å². The van der Waals surface area contributed by atoms with Crippen LogP contribution in [0.25, 0.3) is 11.1 Å². The summed E-state index contributed by atoms with van der Waals surface area (Å²) in [4.78, 5) is 24.4. The number of hydrogen-bond donors (Lipinski definition) is 1. The number of aromatic nitrogens is 1. The minimum Gasteiger partial charge on any atom is -0.381 e. The average molecular weight is 517 g/mol. The summed E-state index contributed by atoms with van der Waals surface area (Å²) < 4.78 is 45.6. The van der Waals surface area contributed by atoms with Gasteiger partial charge in [0.15, 0.2) is 11.5 Å². The molecule has 1 aromatic carbocycles. The van der Waals surface area contributed by atoms with Crippen LogP contribution in [0.2, 0.25) is 0 Å². The van der Waals surface area contributed by atoms with Crippen molar-refractivity contribution in [2.75, 3.05) is 7.11 Å². The largest absolute Gasteiger partial charge is 0.417 e. The number of pyridine rings is 1. The summed E-state index contributed by atoms with van der Waals surface area (Å²) in [6.45, 7) is 7.79. The van der Waals surface area contributed by atoms with E-state index in [-0.39, 0.29) is 24.0 Å². The minimum absolute atomic E-state index is 0.132. The van der Waals surface area contributed by atoms with Crippen molar-refractivity contribution in [2.24, 2.45) is 16.1 Å². The molecule has 5 rings (SSSR count). The lowest BCUT2D eigenvalue weighted by Crippen LogP contribution is -2.53. The molecule has 2 N–H and O–H groups in total. The van der Waals surface area contributed by atoms with Crippen LogP contribution in [0.1, 0.15) is 70.1 Å². The number of nitrogens with two attached hydrogens (primary N) is 1. The van der Waals surface area contributed by atoms with E-state index in [4.69, 9.17) is 15.5 Å². The van der Waals surface area contributed by atoms with Crippen molar-refractivity contribution in [3.63, 3.8) is 0 Å². The van der Waals surface area contributed by atoms with E-state index in [1.54, 1.807) is 18.1 Å². The minimum atomic E-state index is -4.50. The lowest BCUT2D eigenvalue weighted by Gasteiger charge is -2.45. The van der Waals surface area contributed by atoms with Crippen molar-refractivity contribution in [3.8, 4) is 11.1 Å². The van der Waals surface area contributed by atoms with Crippen LogP contribution in [0.5, 0.6) is 0 Å². The standard InChI is InChI=1S/C26H29F3N4O2.C2H6/c1-15(2)33-22(34)25(32-23(33)30)21-11-16(18-10-19(14-31-13-18)26(27,28)29)4-5-17(21)12-24(25)8-6-20(35-3)7-9-24;1-2/h4-5,10-11,13-15,20H,6-9,12H2,1-3H3,(H2,30,32);1-2H3. The summed E-state index contributed by atoms with van der Waals surface area (Å²) in [7, 11) is 1.70. The van der Waals surface area contributed by atoms with E-state index in [1.165, 1.54) is 6.20 Å². The van der Waals surface area contributed by atoms with Crippen LogP contribution in [0.3, 0.4) is 0 Å². The molecule has 2 aromatic rings. The van der Waals surface area contributed by atoms with Crippen LogP contribution in [-0.2, 0) is 27.7 Å². The van der Waals surface area contributed by atoms with Crippen LogP contribution >= 0.6 is 0 Å². The van der Waals surface area contributed by atoms with Gasteiger partial charge in [0.05, 0.1) is 11.7 Å². The molecule has 0 radical (unpaired) electrons. The van der Waals surface area contributed by atoms with Gasteiger partial charge in [-0.05, 0) is 74.8 Å². The summed E-state index contributed by atoms with van der Waals surface area (Å²) in [6.07, 6.45) is 1.62. The number of carbonyl (C=O) groups excluding carboxylic acids is 1. The molecule has 3 aliphatic rings. The zero-order valence-electron chi connectivity index (χ0n) is 22.0. The molecule has 0 saturated heterocycles. The third kappa shape index (κ3) is 4.21. The molecular weight excluding hydrogens is 481 g/mol. The Kier molecular flexibility index (Phi) is 7.14. The fourth-order valence-electron chi connectivity index (χ4n) is 6.27. The molecule has 2 aliphatic carbocycles. The number of halogens is 3. The van der Waals surface area contributed by atoms with E-state index >= 15 is 0 Å². The zero-order chi connectivity index (χ0) is 27.2. The molecule has 1 aromatic heterocycles. The van der Waals surface area contributed by atoms with E-state index in [0.29, 0.717) is 17.5 Å². The lowest BCUT2D eigenvalue weighted by atomic mass is 9.61. The second-order valence-corrected chi connectivity index (χ2v) is 10.2. The summed E-state index contributed by atoms with van der Waals surface area (Å²) in [5.41, 5.74) is 6.49. The van der Waals surface area contributed by atoms with Gasteiger partial charge in [-0.2, -0.15) is 13.2 Å². The molecule has 2 spiro atoms. The predicted octanol–water partition coefficient (Wildman–Crippen LogP) is 5.69. The summed E-state index contributed by atoms with van der Waals surface area (Å²) >= 11 is 0. The number of guanidine groups is 1. The Balaban J connectivity index is 0.00000156. The fourth-order valence-corrected chi connectivity index (χ4v) is 6.27. The van der Waals surface area contributed by atoms with E-state index in [0.717, 1.165) is 49.1 Å². The number of rotatable bonds is 3. The molecule has 200 valence electrons. The van der Waals surface area contributed by atoms with Gasteiger partial charge in [0.1, 0.15) is 0 Å². The highest BCUT2D eigenvalue weighted by Gasteiger charge is 2.66. The third-order valence-electron chi connectivity index (χ3n) is 7.99. The van der Waals surface area contributed by atoms with Gasteiger partial charge >= 0.3 is 6.18 Å². The number of hydrogen-bond acceptors (Lipinski definition) is 5. The van der Waals surface area contributed by atoms with E-state index < -0.39 is 22.7 Å². The van der Waals surface area contributed by atoms with Gasteiger partial charge in [0.25, 0.3) is 5.91 Å². The van der Waals surface area contributed by atoms with Crippen LogP contribution < -0.4 is 5.73 Å². The first-order valence-electron chi connectivity index (χ1n) is 12.9. The summed E-state index contributed by atoms with van der Waals surface area (Å²) in [6, 6.07) is 6.46. The number of nitrogens with zero attached hydrogens (tertiary/aromatic N) is 3. The maximum absolute atomic E-state index is 14.1. The van der Waals surface area contributed by atoms with Crippen molar-refractivity contribution in [3.05, 3.63) is 53.3 Å². The number of amides is 1. The third-order valence-corrected chi connectivity index (χ3v) is 7.99. The lowest BCUT2D eigenvalue weighted by molar-refractivity contribution is -0.139. The monoisotopic (exact) mass is 516 g/mol. The topological polar surface area (TPSA) is 80.8 Å². The molecule has 2 heterocycles. The van der Waals surface area contributed by atoms with Crippen molar-refractivity contribution < 1.29 is 22.7 Å². The van der Waals surface area contributed by atoms with Crippen LogP contribution in [0.4, 0.5) is 13.2 Å². The number of carbonyl (C=O) groups is 1. The highest BCUT2D eigenvalue weighted by molar-refractivity contribution is 6.08. The quantitative estimate of drug-likeness (QED) is 0.569. The summed E-state index contributed by atoms with van der Waals surface area (Å²) in [5, 5.41) is 0. The summed E-state index contributed by atoms with van der Waals surface area (Å²) in [5.74, 6) is 0.0381. The van der Waals surface area contributed by atoms with Crippen molar-refractivity contribution >= 4 is 11.9 Å². The highest BCUT2D eigenvalue weighted by Crippen LogP contribution is 2.62. The second-order valence-electron chi connectivity index (χ2n) is 10.2. The van der Waals surface area contributed by atoms with Gasteiger partial charge < -0.3 is 10.5 Å². The number of aliphatic imine (C=N–C) groups is 1. The first kappa shape index (κ1) is 27.1. The van der Waals surface area contributed by atoms with Crippen LogP contribution in [-0.4, -0.2) is 41.0 Å². The zero-order valence-corrected chi connectivity index (χ0v) is 22.0. The number of ether oxygens (including phenoxy) is 1. The SMILES string of the molecule is CC.COC1CCC2(CC1)Cc1ccc(-c3cncc(C(F)(F)F)c3)cc1C21N=C(N)N(C(C)C)C1=O. The molecule has 1 atom stereocenters. The number of fused-ring (bicyclic) bond motifs is 3. The van der Waals surface area contributed by atoms with Gasteiger partial charge in [0.2, 0.25) is 0 Å². The molecule has 0 bridgehead atoms. The van der Waals surface area contributed by atoms with Crippen molar-refractivity contribution in [1.82, 2.24) is 9.88 Å². The van der Waals surface area contributed by atoms with Crippen molar-refractivity contribution in [2.45, 2.75) is 83.7 Å². The maximum Gasteiger partial charge on any atom is 0.417 e. The Morgan fingerprint density at radius 1 is 1.11 bits per heavy atom. The van der Waals surface area contributed by atoms with Gasteiger partial charge in [-0.15, -0.1) is 0 Å². The average Bonchev–Trinajstić information content (AvgIpc) is 3.30. The Hall–Kier alpha value is -2.94. The van der Waals surface area contributed by atoms with Gasteiger partial charge in [-0.3, -0.25) is 14.7 Å². The molecule has 1 aliphatic heterocycles. The molecular formula is C28H35F3N4O2. The number of methoxy groups -OCH3 is 1. The predicted molar refractivity (Wildman–Crippen MR) is 137 cm³/mol. The molecule has 1 amide bonds. The first-order valence-corrected chi connectivity index (χ1v) is 12.9. The number of benzene rings is 1. The second kappa shape index (κ2) is 9.74. The molecule has 9 heteroatoms. The van der Waals surface area contributed by atoms with E-state index in [9.17, 15) is 18.0 Å². The molecule has 1 unspecified atom stereocenters. The smallest absolute Gasteiger partial charge is 0.381 e. The van der Waals surface area contributed by atoms with E-state index in [2.05, 4.69) is 4.98 Å². The van der Waals surface area contributed by atoms with Gasteiger partial charge in [-0.25, -0.2) is 4.99 Å². The number of alkyl halides is 3. The Morgan fingerprint density at radius 2 is 1.78 bits per heavy atom. The normalized spacial score (nSPS) is 26.9. The van der Waals surface area contributed by atoms with Crippen LogP contribution in [0.15, 0.2) is 41.7 Å². The molecule has 37 heavy (non-hydrogen) atoms. The Bertz CT molecular complexity index is 1200. The maximum atomic E-state index is 14.1. The first-order chi connectivity index (χ1) is 17.5. The van der Waals surface area contributed by atoms with Gasteiger partial charge in [-0.1, -0.05) is 26.0 Å². The fraction of sp³-hybridized carbons (Fsp3) is 0.536. The Morgan fingerprint density at radius 3 is 2.35 bits per heavy atom. The Labute approximate surface area is 216 Å².